The molecule has 3 rings (SSSR count). The van der Waals surface area contributed by atoms with Crippen LogP contribution in [0.3, 0.4) is 0 Å². The number of imidazole rings is 1. The van der Waals surface area contributed by atoms with E-state index in [-0.39, 0.29) is 20.6 Å². The van der Waals surface area contributed by atoms with E-state index in [0.717, 1.165) is 16.1 Å². The zero-order valence-electron chi connectivity index (χ0n) is 13.5. The highest BCUT2D eigenvalue weighted by Gasteiger charge is 2.25. The molecule has 0 aliphatic rings. The first-order valence-corrected chi connectivity index (χ1v) is 9.81. The summed E-state index contributed by atoms with van der Waals surface area (Å²) >= 11 is 12.1. The lowest BCUT2D eigenvalue weighted by atomic mass is 10.3. The van der Waals surface area contributed by atoms with E-state index in [1.165, 1.54) is 24.3 Å². The number of aryl methyl sites for hydroxylation is 1. The van der Waals surface area contributed by atoms with Gasteiger partial charge in [0.25, 0.3) is 15.7 Å². The molecule has 0 amide bonds. The predicted octanol–water partition coefficient (Wildman–Crippen LogP) is 4.44. The van der Waals surface area contributed by atoms with Crippen molar-refractivity contribution < 1.29 is 13.3 Å². The van der Waals surface area contributed by atoms with Crippen LogP contribution < -0.4 is 0 Å². The molecule has 26 heavy (non-hydrogen) atoms. The van der Waals surface area contributed by atoms with Gasteiger partial charge in [0, 0.05) is 18.6 Å². The van der Waals surface area contributed by atoms with Crippen LogP contribution in [-0.4, -0.2) is 22.3 Å². The number of benzene rings is 2. The number of halogens is 2. The van der Waals surface area contributed by atoms with Gasteiger partial charge in [-0.3, -0.25) is 10.1 Å². The summed E-state index contributed by atoms with van der Waals surface area (Å²) in [6.07, 6.45) is 1.11. The van der Waals surface area contributed by atoms with Crippen molar-refractivity contribution in [1.29, 1.82) is 0 Å². The number of nitro benzene ring substituents is 1. The fourth-order valence-electron chi connectivity index (χ4n) is 2.60. The molecule has 0 saturated heterocycles. The molecule has 2 aromatic carbocycles. The maximum absolute atomic E-state index is 13.2. The fourth-order valence-corrected chi connectivity index (χ4v) is 4.42. The summed E-state index contributed by atoms with van der Waals surface area (Å²) in [6.45, 7) is 1.90. The van der Waals surface area contributed by atoms with Gasteiger partial charge < -0.3 is 0 Å². The van der Waals surface area contributed by atoms with Crippen molar-refractivity contribution in [3.8, 4) is 0 Å². The Kier molecular flexibility index (Phi) is 4.92. The molecule has 0 spiro atoms. The number of aromatic nitrogens is 2. The van der Waals surface area contributed by atoms with Crippen molar-refractivity contribution >= 4 is 49.9 Å². The number of nitrogens with zero attached hydrogens (tertiary/aromatic N) is 3. The number of non-ortho nitro benzene ring substituents is 1. The van der Waals surface area contributed by atoms with E-state index in [4.69, 9.17) is 23.2 Å². The molecular weight excluding hydrogens is 401 g/mol. The molecule has 136 valence electrons. The Morgan fingerprint density at radius 2 is 1.77 bits per heavy atom. The highest BCUT2D eigenvalue weighted by molar-refractivity contribution is 7.90. The third kappa shape index (κ3) is 3.15. The van der Waals surface area contributed by atoms with E-state index in [1.54, 1.807) is 0 Å². The van der Waals surface area contributed by atoms with E-state index >= 15 is 0 Å². The maximum Gasteiger partial charge on any atom is 0.269 e. The molecule has 0 aliphatic carbocycles. The second kappa shape index (κ2) is 6.86. The number of nitro groups is 1. The highest BCUT2D eigenvalue weighted by atomic mass is 35.5. The Bertz CT molecular complexity index is 1110. The molecule has 0 N–H and O–H groups in total. The van der Waals surface area contributed by atoms with E-state index in [1.807, 2.05) is 6.92 Å². The van der Waals surface area contributed by atoms with E-state index in [9.17, 15) is 18.5 Å². The van der Waals surface area contributed by atoms with Crippen LogP contribution in [0.2, 0.25) is 10.0 Å². The summed E-state index contributed by atoms with van der Waals surface area (Å²) in [5.74, 6) is 0.346. The zero-order valence-corrected chi connectivity index (χ0v) is 15.8. The molecule has 10 heteroatoms. The second-order valence-electron chi connectivity index (χ2n) is 5.55. The van der Waals surface area contributed by atoms with Gasteiger partial charge in [-0.25, -0.2) is 17.4 Å². The smallest absolute Gasteiger partial charge is 0.258 e. The summed E-state index contributed by atoms with van der Waals surface area (Å²) in [5.41, 5.74) is 0.526. The third-order valence-corrected chi connectivity index (χ3v) is 6.26. The van der Waals surface area contributed by atoms with Crippen LogP contribution in [0.4, 0.5) is 5.69 Å². The van der Waals surface area contributed by atoms with E-state index < -0.39 is 14.9 Å². The predicted molar refractivity (Wildman–Crippen MR) is 99.4 cm³/mol. The van der Waals surface area contributed by atoms with E-state index in [2.05, 4.69) is 4.98 Å². The molecule has 1 heterocycles. The molecule has 0 unspecified atom stereocenters. The molecule has 0 fully saturated rings. The Morgan fingerprint density at radius 1 is 1.15 bits per heavy atom. The van der Waals surface area contributed by atoms with Crippen LogP contribution in [0.15, 0.2) is 41.3 Å². The summed E-state index contributed by atoms with van der Waals surface area (Å²) in [7, 11) is -4.02. The van der Waals surface area contributed by atoms with Crippen LogP contribution in [0.5, 0.6) is 0 Å². The Hall–Kier alpha value is -2.16. The van der Waals surface area contributed by atoms with Gasteiger partial charge in [0.1, 0.15) is 5.82 Å². The monoisotopic (exact) mass is 413 g/mol. The fraction of sp³-hybridized carbons (Fsp3) is 0.188. The molecule has 0 aliphatic heterocycles. The summed E-state index contributed by atoms with van der Waals surface area (Å²) < 4.78 is 27.4. The first-order chi connectivity index (χ1) is 12.3. The maximum atomic E-state index is 13.2. The average molecular weight is 414 g/mol. The first-order valence-electron chi connectivity index (χ1n) is 7.62. The van der Waals surface area contributed by atoms with Gasteiger partial charge in [-0.05, 0) is 30.7 Å². The lowest BCUT2D eigenvalue weighted by Gasteiger charge is -2.10. The van der Waals surface area contributed by atoms with Gasteiger partial charge in [-0.2, -0.15) is 0 Å². The quantitative estimate of drug-likeness (QED) is 0.454. The van der Waals surface area contributed by atoms with Crippen LogP contribution >= 0.6 is 23.2 Å². The van der Waals surface area contributed by atoms with Crippen molar-refractivity contribution in [2.75, 3.05) is 0 Å². The van der Waals surface area contributed by atoms with Gasteiger partial charge in [0.15, 0.2) is 0 Å². The Balaban J connectivity index is 2.25. The van der Waals surface area contributed by atoms with Crippen LogP contribution in [-0.2, 0) is 16.4 Å². The topological polar surface area (TPSA) is 95.1 Å². The molecule has 3 aromatic rings. The number of rotatable bonds is 5. The van der Waals surface area contributed by atoms with Crippen LogP contribution in [0.1, 0.15) is 19.2 Å². The van der Waals surface area contributed by atoms with Gasteiger partial charge >= 0.3 is 0 Å². The molecular formula is C16H13Cl2N3O4S. The lowest BCUT2D eigenvalue weighted by molar-refractivity contribution is -0.384. The summed E-state index contributed by atoms with van der Waals surface area (Å²) in [4.78, 5) is 14.5. The van der Waals surface area contributed by atoms with Crippen LogP contribution in [0, 0.1) is 10.1 Å². The van der Waals surface area contributed by atoms with E-state index in [0.29, 0.717) is 29.7 Å². The molecule has 0 saturated carbocycles. The zero-order chi connectivity index (χ0) is 19.1. The first kappa shape index (κ1) is 18.6. The normalized spacial score (nSPS) is 11.8. The largest absolute Gasteiger partial charge is 0.269 e. The van der Waals surface area contributed by atoms with Crippen molar-refractivity contribution in [1.82, 2.24) is 8.96 Å². The summed E-state index contributed by atoms with van der Waals surface area (Å²) in [5, 5.41) is 11.3. The van der Waals surface area contributed by atoms with Gasteiger partial charge in [0.05, 0.1) is 30.9 Å². The molecule has 1 aromatic heterocycles. The number of fused-ring (bicyclic) bond motifs is 1. The van der Waals surface area contributed by atoms with Crippen molar-refractivity contribution in [2.45, 2.75) is 24.7 Å². The van der Waals surface area contributed by atoms with Gasteiger partial charge in [0.2, 0.25) is 0 Å². The lowest BCUT2D eigenvalue weighted by Crippen LogP contribution is -2.16. The molecule has 0 radical (unpaired) electrons. The minimum atomic E-state index is -4.02. The minimum Gasteiger partial charge on any atom is -0.258 e. The van der Waals surface area contributed by atoms with Gasteiger partial charge in [-0.15, -0.1) is 0 Å². The highest BCUT2D eigenvalue weighted by Crippen LogP contribution is 2.31. The van der Waals surface area contributed by atoms with Crippen LogP contribution in [0.25, 0.3) is 11.0 Å². The number of hydrogen-bond acceptors (Lipinski definition) is 5. The minimum absolute atomic E-state index is 0.0779. The van der Waals surface area contributed by atoms with Crippen molar-refractivity contribution in [2.24, 2.45) is 0 Å². The molecule has 0 atom stereocenters. The third-order valence-electron chi connectivity index (χ3n) is 3.78. The SMILES string of the molecule is CCCc1nc2cc(Cl)c(Cl)cc2n1S(=O)(=O)c1ccc([N+](=O)[O-])cc1. The Labute approximate surface area is 159 Å². The number of hydrogen-bond donors (Lipinski definition) is 0. The average Bonchev–Trinajstić information content (AvgIpc) is 2.93. The van der Waals surface area contributed by atoms with Crippen molar-refractivity contribution in [3.05, 3.63) is 62.4 Å². The standard InChI is InChI=1S/C16H13Cl2N3O4S/c1-2-3-16-19-14-8-12(17)13(18)9-15(14)20(16)26(24,25)11-6-4-10(5-7-11)21(22)23/h4-9H,2-3H2,1H3. The summed E-state index contributed by atoms with van der Waals surface area (Å²) in [6, 6.07) is 7.67. The van der Waals surface area contributed by atoms with Crippen molar-refractivity contribution in [3.63, 3.8) is 0 Å². The second-order valence-corrected chi connectivity index (χ2v) is 8.15. The Morgan fingerprint density at radius 3 is 2.35 bits per heavy atom. The molecule has 0 bridgehead atoms. The van der Waals surface area contributed by atoms with Gasteiger partial charge in [-0.1, -0.05) is 30.1 Å². The molecule has 7 nitrogen and oxygen atoms in total.